The molecule has 24 heavy (non-hydrogen) atoms. The molecule has 0 radical (unpaired) electrons. The van der Waals surface area contributed by atoms with Crippen LogP contribution < -0.4 is 5.32 Å². The quantitative estimate of drug-likeness (QED) is 0.893. The summed E-state index contributed by atoms with van der Waals surface area (Å²) in [5.74, 6) is 0.266. The van der Waals surface area contributed by atoms with Gasteiger partial charge in [0.05, 0.1) is 9.58 Å². The summed E-state index contributed by atoms with van der Waals surface area (Å²) < 4.78 is 14.8. The predicted molar refractivity (Wildman–Crippen MR) is 96.2 cm³/mol. The van der Waals surface area contributed by atoms with Gasteiger partial charge in [0.25, 0.3) is 5.91 Å². The van der Waals surface area contributed by atoms with Crippen molar-refractivity contribution in [1.82, 2.24) is 10.2 Å². The standard InChI is InChI=1S/C19H23FN2OS/c1-11-4-5-13-10-14(24-16(13)15(11)20)18(23)21-17-12-6-8-22(9-7-12)19(17,2)3/h4-5,10,12,17H,6-9H2,1-3H3,(H,21,23). The smallest absolute Gasteiger partial charge is 0.261 e. The molecule has 3 nitrogen and oxygen atoms in total. The number of fused-ring (bicyclic) bond motifs is 4. The first-order chi connectivity index (χ1) is 11.4. The van der Waals surface area contributed by atoms with E-state index in [1.807, 2.05) is 12.1 Å². The summed E-state index contributed by atoms with van der Waals surface area (Å²) in [5, 5.41) is 4.07. The van der Waals surface area contributed by atoms with Crippen molar-refractivity contribution < 1.29 is 9.18 Å². The SMILES string of the molecule is Cc1ccc2cc(C(=O)NC3C4CCN(CC4)C3(C)C)sc2c1F. The molecule has 2 bridgehead atoms. The number of hydrogen-bond acceptors (Lipinski definition) is 3. The maximum Gasteiger partial charge on any atom is 0.261 e. The maximum absolute atomic E-state index is 14.3. The van der Waals surface area contributed by atoms with Crippen molar-refractivity contribution in [3.63, 3.8) is 0 Å². The van der Waals surface area contributed by atoms with Crippen LogP contribution in [0.3, 0.4) is 0 Å². The Bertz CT molecular complexity index is 805. The molecule has 1 unspecified atom stereocenters. The van der Waals surface area contributed by atoms with Crippen molar-refractivity contribution in [2.45, 2.75) is 45.2 Å². The van der Waals surface area contributed by atoms with Gasteiger partial charge in [0.1, 0.15) is 5.82 Å². The average molecular weight is 346 g/mol. The lowest BCUT2D eigenvalue weighted by Crippen LogP contribution is -2.69. The second-order valence-electron chi connectivity index (χ2n) is 7.65. The van der Waals surface area contributed by atoms with Gasteiger partial charge >= 0.3 is 0 Å². The minimum Gasteiger partial charge on any atom is -0.346 e. The molecule has 1 N–H and O–H groups in total. The highest BCUT2D eigenvalue weighted by Crippen LogP contribution is 2.39. The van der Waals surface area contributed by atoms with E-state index in [9.17, 15) is 9.18 Å². The fourth-order valence-corrected chi connectivity index (χ4v) is 5.42. The maximum atomic E-state index is 14.3. The highest BCUT2D eigenvalue weighted by atomic mass is 32.1. The van der Waals surface area contributed by atoms with Crippen LogP contribution in [0.1, 0.15) is 41.9 Å². The highest BCUT2D eigenvalue weighted by molar-refractivity contribution is 7.20. The minimum absolute atomic E-state index is 0.0185. The molecule has 1 amide bonds. The lowest BCUT2D eigenvalue weighted by molar-refractivity contribution is -0.0377. The van der Waals surface area contributed by atoms with Crippen LogP contribution in [0.5, 0.6) is 0 Å². The Kier molecular flexibility index (Phi) is 3.69. The van der Waals surface area contributed by atoms with Crippen LogP contribution in [0.4, 0.5) is 4.39 Å². The Labute approximate surface area is 145 Å². The summed E-state index contributed by atoms with van der Waals surface area (Å²) in [6.45, 7) is 8.44. The average Bonchev–Trinajstić information content (AvgIpc) is 3.00. The van der Waals surface area contributed by atoms with Crippen molar-refractivity contribution in [1.29, 1.82) is 0 Å². The number of carbonyl (C=O) groups is 1. The molecule has 5 heteroatoms. The van der Waals surface area contributed by atoms with E-state index in [2.05, 4.69) is 24.1 Å². The van der Waals surface area contributed by atoms with E-state index in [1.54, 1.807) is 13.0 Å². The normalized spacial score (nSPS) is 28.2. The molecule has 5 rings (SSSR count). The monoisotopic (exact) mass is 346 g/mol. The zero-order valence-corrected chi connectivity index (χ0v) is 15.2. The van der Waals surface area contributed by atoms with Crippen LogP contribution in [-0.4, -0.2) is 35.5 Å². The first-order valence-electron chi connectivity index (χ1n) is 8.62. The summed E-state index contributed by atoms with van der Waals surface area (Å²) in [4.78, 5) is 15.9. The second-order valence-corrected chi connectivity index (χ2v) is 8.71. The zero-order chi connectivity index (χ0) is 17.1. The number of thiophene rings is 1. The Morgan fingerprint density at radius 1 is 1.33 bits per heavy atom. The molecule has 3 saturated heterocycles. The summed E-state index contributed by atoms with van der Waals surface area (Å²) in [6.07, 6.45) is 2.29. The van der Waals surface area contributed by atoms with E-state index in [1.165, 1.54) is 11.3 Å². The summed E-state index contributed by atoms with van der Waals surface area (Å²) in [6, 6.07) is 5.62. The number of amides is 1. The Hall–Kier alpha value is -1.46. The van der Waals surface area contributed by atoms with Crippen LogP contribution in [0.25, 0.3) is 10.1 Å². The highest BCUT2D eigenvalue weighted by Gasteiger charge is 2.48. The minimum atomic E-state index is -0.209. The number of piperidine rings is 3. The summed E-state index contributed by atoms with van der Waals surface area (Å²) >= 11 is 1.25. The molecular weight excluding hydrogens is 323 g/mol. The van der Waals surface area contributed by atoms with Gasteiger partial charge in [0, 0.05) is 11.6 Å². The molecule has 1 aromatic heterocycles. The molecule has 3 aliphatic rings. The topological polar surface area (TPSA) is 32.3 Å². The number of rotatable bonds is 2. The first kappa shape index (κ1) is 16.0. The van der Waals surface area contributed by atoms with Gasteiger partial charge in [0.15, 0.2) is 0 Å². The lowest BCUT2D eigenvalue weighted by Gasteiger charge is -2.56. The van der Waals surface area contributed by atoms with Gasteiger partial charge in [-0.2, -0.15) is 0 Å². The number of aryl methyl sites for hydroxylation is 1. The molecule has 128 valence electrons. The van der Waals surface area contributed by atoms with Crippen molar-refractivity contribution in [2.75, 3.05) is 13.1 Å². The molecule has 0 aliphatic carbocycles. The van der Waals surface area contributed by atoms with Gasteiger partial charge in [-0.25, -0.2) is 4.39 Å². The van der Waals surface area contributed by atoms with Crippen LogP contribution >= 0.6 is 11.3 Å². The van der Waals surface area contributed by atoms with Gasteiger partial charge in [-0.1, -0.05) is 12.1 Å². The summed E-state index contributed by atoms with van der Waals surface area (Å²) in [5.41, 5.74) is 0.602. The van der Waals surface area contributed by atoms with E-state index in [4.69, 9.17) is 0 Å². The number of nitrogens with one attached hydrogen (secondary N) is 1. The van der Waals surface area contributed by atoms with Gasteiger partial charge in [-0.3, -0.25) is 9.69 Å². The molecule has 3 aliphatic heterocycles. The summed E-state index contributed by atoms with van der Waals surface area (Å²) in [7, 11) is 0. The van der Waals surface area contributed by atoms with Gasteiger partial charge in [0.2, 0.25) is 0 Å². The Balaban J connectivity index is 1.61. The number of nitrogens with zero attached hydrogens (tertiary/aromatic N) is 1. The van der Waals surface area contributed by atoms with Gasteiger partial charge in [-0.05, 0) is 69.6 Å². The van der Waals surface area contributed by atoms with Crippen molar-refractivity contribution in [2.24, 2.45) is 5.92 Å². The van der Waals surface area contributed by atoms with Gasteiger partial charge in [-0.15, -0.1) is 11.3 Å². The van der Waals surface area contributed by atoms with E-state index >= 15 is 0 Å². The fourth-order valence-electron chi connectivity index (χ4n) is 4.37. The largest absolute Gasteiger partial charge is 0.346 e. The molecular formula is C19H23FN2OS. The number of halogens is 1. The predicted octanol–water partition coefficient (Wildman–Crippen LogP) is 3.95. The second kappa shape index (κ2) is 5.53. The van der Waals surface area contributed by atoms with Crippen molar-refractivity contribution in [3.8, 4) is 0 Å². The number of carbonyl (C=O) groups excluding carboxylic acids is 1. The third-order valence-electron chi connectivity index (χ3n) is 5.92. The fraction of sp³-hybridized carbons (Fsp3) is 0.526. The van der Waals surface area contributed by atoms with Crippen LogP contribution in [0, 0.1) is 18.7 Å². The van der Waals surface area contributed by atoms with Crippen LogP contribution in [0.2, 0.25) is 0 Å². The van der Waals surface area contributed by atoms with E-state index in [0.29, 0.717) is 21.1 Å². The van der Waals surface area contributed by atoms with Gasteiger partial charge < -0.3 is 5.32 Å². The number of benzene rings is 1. The van der Waals surface area contributed by atoms with Crippen LogP contribution in [0.15, 0.2) is 18.2 Å². The molecule has 2 aromatic rings. The molecule has 4 heterocycles. The first-order valence-corrected chi connectivity index (χ1v) is 9.44. The van der Waals surface area contributed by atoms with E-state index in [0.717, 1.165) is 31.3 Å². The molecule has 0 spiro atoms. The molecule has 0 saturated carbocycles. The third kappa shape index (κ3) is 2.37. The molecule has 1 atom stereocenters. The Morgan fingerprint density at radius 3 is 2.71 bits per heavy atom. The van der Waals surface area contributed by atoms with E-state index in [-0.39, 0.29) is 23.3 Å². The van der Waals surface area contributed by atoms with E-state index < -0.39 is 0 Å². The lowest BCUT2D eigenvalue weighted by atomic mass is 9.72. The molecule has 1 aromatic carbocycles. The number of hydrogen-bond donors (Lipinski definition) is 1. The van der Waals surface area contributed by atoms with Crippen molar-refractivity contribution in [3.05, 3.63) is 34.5 Å². The zero-order valence-electron chi connectivity index (χ0n) is 14.4. The van der Waals surface area contributed by atoms with Crippen LogP contribution in [-0.2, 0) is 0 Å². The van der Waals surface area contributed by atoms with Crippen molar-refractivity contribution >= 4 is 27.3 Å². The Morgan fingerprint density at radius 2 is 2.04 bits per heavy atom. The third-order valence-corrected chi connectivity index (χ3v) is 7.06. The molecule has 3 fully saturated rings.